The highest BCUT2D eigenvalue weighted by Crippen LogP contribution is 2.25. The summed E-state index contributed by atoms with van der Waals surface area (Å²) in [4.78, 5) is 24.6. The van der Waals surface area contributed by atoms with Crippen molar-refractivity contribution < 1.29 is 27.8 Å². The van der Waals surface area contributed by atoms with Crippen LogP contribution in [-0.4, -0.2) is 29.2 Å². The fraction of sp³-hybridized carbons (Fsp3) is 0.143. The number of rotatable bonds is 7. The zero-order valence-electron chi connectivity index (χ0n) is 15.4. The highest BCUT2D eigenvalue weighted by molar-refractivity contribution is 5.98. The Bertz CT molecular complexity index is 973. The number of aromatic nitrogens is 1. The summed E-state index contributed by atoms with van der Waals surface area (Å²) in [6.07, 6.45) is 2.59. The molecule has 0 bridgehead atoms. The second-order valence-electron chi connectivity index (χ2n) is 6.05. The number of hydrogen-bond donors (Lipinski definition) is 1. The number of anilines is 1. The molecular formula is C21H18F2N2O4. The molecule has 1 N–H and O–H groups in total. The summed E-state index contributed by atoms with van der Waals surface area (Å²) in [5, 5.41) is 2.42. The zero-order valence-corrected chi connectivity index (χ0v) is 15.4. The van der Waals surface area contributed by atoms with Crippen molar-refractivity contribution in [3.63, 3.8) is 0 Å². The molecule has 0 saturated carbocycles. The first kappa shape index (κ1) is 20.1. The Kier molecular flexibility index (Phi) is 6.23. The van der Waals surface area contributed by atoms with Crippen LogP contribution in [0.25, 0.3) is 5.69 Å². The van der Waals surface area contributed by atoms with E-state index in [9.17, 15) is 18.4 Å². The lowest BCUT2D eigenvalue weighted by Crippen LogP contribution is -2.30. The quantitative estimate of drug-likeness (QED) is 0.602. The van der Waals surface area contributed by atoms with E-state index >= 15 is 0 Å². The van der Waals surface area contributed by atoms with Gasteiger partial charge in [-0.15, -0.1) is 0 Å². The number of carbonyl (C=O) groups is 2. The second-order valence-corrected chi connectivity index (χ2v) is 6.05. The number of benzene rings is 2. The first-order chi connectivity index (χ1) is 13.9. The average Bonchev–Trinajstić information content (AvgIpc) is 3.24. The molecule has 29 heavy (non-hydrogen) atoms. The van der Waals surface area contributed by atoms with E-state index in [-0.39, 0.29) is 17.0 Å². The summed E-state index contributed by atoms with van der Waals surface area (Å²) in [6.45, 7) is -1.64. The van der Waals surface area contributed by atoms with Crippen LogP contribution in [0.5, 0.6) is 5.75 Å². The molecule has 0 radical (unpaired) electrons. The summed E-state index contributed by atoms with van der Waals surface area (Å²) >= 11 is 0. The molecule has 8 heteroatoms. The van der Waals surface area contributed by atoms with Crippen LogP contribution < -0.4 is 10.1 Å². The average molecular weight is 400 g/mol. The van der Waals surface area contributed by atoms with Gasteiger partial charge in [0.05, 0.1) is 11.3 Å². The van der Waals surface area contributed by atoms with Crippen molar-refractivity contribution in [1.29, 1.82) is 0 Å². The van der Waals surface area contributed by atoms with Crippen molar-refractivity contribution in [2.75, 3.05) is 5.32 Å². The van der Waals surface area contributed by atoms with Gasteiger partial charge in [0, 0.05) is 18.1 Å². The molecule has 3 aromatic rings. The maximum atomic E-state index is 12.5. The SMILES string of the molecule is CC(OC(=O)c1ccc(-n2cccc2)cc1)C(=O)Nc1ccccc1OC(F)F. The van der Waals surface area contributed by atoms with Gasteiger partial charge >= 0.3 is 12.6 Å². The molecular weight excluding hydrogens is 382 g/mol. The van der Waals surface area contributed by atoms with Crippen LogP contribution in [0, 0.1) is 0 Å². The predicted octanol–water partition coefficient (Wildman–Crippen LogP) is 4.26. The third-order valence-electron chi connectivity index (χ3n) is 4.02. The molecule has 0 aliphatic rings. The van der Waals surface area contributed by atoms with E-state index in [0.717, 1.165) is 5.69 Å². The number of nitrogens with zero attached hydrogens (tertiary/aromatic N) is 1. The third-order valence-corrected chi connectivity index (χ3v) is 4.02. The van der Waals surface area contributed by atoms with Gasteiger partial charge in [-0.25, -0.2) is 4.79 Å². The minimum Gasteiger partial charge on any atom is -0.449 e. The summed E-state index contributed by atoms with van der Waals surface area (Å²) in [6, 6.07) is 16.2. The number of para-hydroxylation sites is 2. The van der Waals surface area contributed by atoms with Crippen molar-refractivity contribution in [3.8, 4) is 11.4 Å². The molecule has 1 amide bonds. The zero-order chi connectivity index (χ0) is 20.8. The first-order valence-electron chi connectivity index (χ1n) is 8.73. The number of alkyl halides is 2. The summed E-state index contributed by atoms with van der Waals surface area (Å²) in [7, 11) is 0. The lowest BCUT2D eigenvalue weighted by atomic mass is 10.2. The molecule has 1 aromatic heterocycles. The van der Waals surface area contributed by atoms with Crippen LogP contribution in [0.3, 0.4) is 0 Å². The van der Waals surface area contributed by atoms with Gasteiger partial charge in [0.1, 0.15) is 5.75 Å². The van der Waals surface area contributed by atoms with E-state index in [0.29, 0.717) is 0 Å². The Hall–Kier alpha value is -3.68. The number of nitrogens with one attached hydrogen (secondary N) is 1. The number of amides is 1. The summed E-state index contributed by atoms with van der Waals surface area (Å²) < 4.78 is 36.4. The normalized spacial score (nSPS) is 11.7. The van der Waals surface area contributed by atoms with Gasteiger partial charge in [0.15, 0.2) is 6.10 Å². The van der Waals surface area contributed by atoms with Crippen LogP contribution in [0.4, 0.5) is 14.5 Å². The van der Waals surface area contributed by atoms with E-state index in [1.165, 1.54) is 25.1 Å². The Morgan fingerprint density at radius 1 is 0.966 bits per heavy atom. The highest BCUT2D eigenvalue weighted by atomic mass is 19.3. The standard InChI is InChI=1S/C21H18F2N2O4/c1-14(19(26)24-17-6-2-3-7-18(17)29-21(22)23)28-20(27)15-8-10-16(11-9-15)25-12-4-5-13-25/h2-14,21H,1H3,(H,24,26). The van der Waals surface area contributed by atoms with Gasteiger partial charge in [0.2, 0.25) is 0 Å². The maximum absolute atomic E-state index is 12.5. The number of hydrogen-bond acceptors (Lipinski definition) is 4. The van der Waals surface area contributed by atoms with Crippen molar-refractivity contribution >= 4 is 17.6 Å². The van der Waals surface area contributed by atoms with Crippen LogP contribution in [0.2, 0.25) is 0 Å². The molecule has 3 rings (SSSR count). The number of carbonyl (C=O) groups excluding carboxylic acids is 2. The predicted molar refractivity (Wildman–Crippen MR) is 102 cm³/mol. The molecule has 150 valence electrons. The number of esters is 1. The van der Waals surface area contributed by atoms with E-state index in [4.69, 9.17) is 4.74 Å². The van der Waals surface area contributed by atoms with Crippen molar-refractivity contribution in [1.82, 2.24) is 4.57 Å². The van der Waals surface area contributed by atoms with E-state index in [2.05, 4.69) is 10.1 Å². The van der Waals surface area contributed by atoms with Crippen LogP contribution >= 0.6 is 0 Å². The van der Waals surface area contributed by atoms with Crippen molar-refractivity contribution in [2.45, 2.75) is 19.6 Å². The van der Waals surface area contributed by atoms with Gasteiger partial charge in [-0.2, -0.15) is 8.78 Å². The van der Waals surface area contributed by atoms with Gasteiger partial charge in [-0.3, -0.25) is 4.79 Å². The molecule has 2 aromatic carbocycles. The molecule has 0 aliphatic carbocycles. The summed E-state index contributed by atoms with van der Waals surface area (Å²) in [5.74, 6) is -1.54. The fourth-order valence-electron chi connectivity index (χ4n) is 2.56. The Morgan fingerprint density at radius 3 is 2.28 bits per heavy atom. The molecule has 1 heterocycles. The largest absolute Gasteiger partial charge is 0.449 e. The molecule has 1 atom stereocenters. The Labute approximate surface area is 165 Å². The monoisotopic (exact) mass is 400 g/mol. The van der Waals surface area contributed by atoms with Crippen LogP contribution in [-0.2, 0) is 9.53 Å². The Balaban J connectivity index is 1.62. The molecule has 0 aliphatic heterocycles. The highest BCUT2D eigenvalue weighted by Gasteiger charge is 2.21. The van der Waals surface area contributed by atoms with Gasteiger partial charge in [-0.05, 0) is 55.5 Å². The maximum Gasteiger partial charge on any atom is 0.387 e. The third kappa shape index (κ3) is 5.19. The fourth-order valence-corrected chi connectivity index (χ4v) is 2.56. The number of ether oxygens (including phenoxy) is 2. The van der Waals surface area contributed by atoms with Crippen molar-refractivity contribution in [2.24, 2.45) is 0 Å². The van der Waals surface area contributed by atoms with Crippen LogP contribution in [0.15, 0.2) is 73.1 Å². The minimum absolute atomic E-state index is 0.0526. The molecule has 6 nitrogen and oxygen atoms in total. The van der Waals surface area contributed by atoms with Gasteiger partial charge in [-0.1, -0.05) is 12.1 Å². The molecule has 0 spiro atoms. The summed E-state index contributed by atoms with van der Waals surface area (Å²) in [5.41, 5.74) is 1.20. The van der Waals surface area contributed by atoms with E-state index in [1.807, 2.05) is 29.1 Å². The van der Waals surface area contributed by atoms with E-state index in [1.54, 1.807) is 30.3 Å². The molecule has 0 saturated heterocycles. The molecule has 0 fully saturated rings. The molecule has 1 unspecified atom stereocenters. The van der Waals surface area contributed by atoms with E-state index < -0.39 is 24.6 Å². The lowest BCUT2D eigenvalue weighted by Gasteiger charge is -2.16. The smallest absolute Gasteiger partial charge is 0.387 e. The van der Waals surface area contributed by atoms with Gasteiger partial charge in [0.25, 0.3) is 5.91 Å². The van der Waals surface area contributed by atoms with Crippen LogP contribution in [0.1, 0.15) is 17.3 Å². The van der Waals surface area contributed by atoms with Crippen molar-refractivity contribution in [3.05, 3.63) is 78.6 Å². The van der Waals surface area contributed by atoms with Gasteiger partial charge < -0.3 is 19.4 Å². The Morgan fingerprint density at radius 2 is 1.62 bits per heavy atom. The second kappa shape index (κ2) is 9.01. The topological polar surface area (TPSA) is 69.6 Å². The number of halogens is 2. The first-order valence-corrected chi connectivity index (χ1v) is 8.73. The lowest BCUT2D eigenvalue weighted by molar-refractivity contribution is -0.123. The minimum atomic E-state index is -3.03.